The second kappa shape index (κ2) is 34.1. The maximum atomic E-state index is 12.8. The topological polar surface area (TPSA) is 278 Å². The number of aromatic nitrogens is 2. The van der Waals surface area contributed by atoms with E-state index >= 15 is 0 Å². The van der Waals surface area contributed by atoms with Crippen molar-refractivity contribution >= 4 is 33.4 Å². The SMILES string of the molecule is CCCCC/C=C\C/C=C\C/C=C\CCCCC(=O)O[C@H](COC(=O)CCCCCCCC1OC1C/C=C\CCCCC)COP(=O)(O)OP(=O)(O)OC[C@H]1O[C@@H](n2ccc(N)nc2=O)[C@H](O)[C@@H]1O. The molecule has 2 fully saturated rings. The van der Waals surface area contributed by atoms with Gasteiger partial charge in [0.05, 0.1) is 25.4 Å². The number of ether oxygens (including phenoxy) is 4. The fourth-order valence-electron chi connectivity index (χ4n) is 7.33. The molecular formula is C48H79N3O16P2. The molecule has 2 saturated heterocycles. The Hall–Kier alpha value is -3.32. The number of phosphoric ester groups is 2. The molecule has 9 atom stereocenters. The van der Waals surface area contributed by atoms with Crippen molar-refractivity contribution in [1.29, 1.82) is 0 Å². The zero-order chi connectivity index (χ0) is 50.3. The van der Waals surface area contributed by atoms with Crippen molar-refractivity contribution in [2.45, 2.75) is 198 Å². The smallest absolute Gasteiger partial charge is 0.462 e. The number of hydrogen-bond acceptors (Lipinski definition) is 16. The minimum Gasteiger partial charge on any atom is -0.462 e. The van der Waals surface area contributed by atoms with Crippen molar-refractivity contribution in [3.05, 3.63) is 71.4 Å². The summed E-state index contributed by atoms with van der Waals surface area (Å²) in [6, 6.07) is 1.24. The number of phosphoric acid groups is 2. The van der Waals surface area contributed by atoms with Crippen LogP contribution in [-0.4, -0.2) is 97.9 Å². The second-order valence-corrected chi connectivity index (χ2v) is 20.4. The van der Waals surface area contributed by atoms with Crippen molar-refractivity contribution in [2.75, 3.05) is 25.6 Å². The Labute approximate surface area is 407 Å². The Balaban J connectivity index is 1.42. The summed E-state index contributed by atoms with van der Waals surface area (Å²) in [5, 5.41) is 20.9. The molecule has 3 rings (SSSR count). The van der Waals surface area contributed by atoms with Gasteiger partial charge in [-0.05, 0) is 83.1 Å². The lowest BCUT2D eigenvalue weighted by Gasteiger charge is -2.21. The van der Waals surface area contributed by atoms with Gasteiger partial charge in [0.2, 0.25) is 0 Å². The zero-order valence-electron chi connectivity index (χ0n) is 40.5. The van der Waals surface area contributed by atoms with E-state index in [1.807, 2.05) is 6.08 Å². The van der Waals surface area contributed by atoms with Crippen molar-refractivity contribution in [2.24, 2.45) is 0 Å². The highest BCUT2D eigenvalue weighted by Crippen LogP contribution is 2.60. The average Bonchev–Trinajstić information content (AvgIpc) is 3.99. The molecule has 0 aromatic carbocycles. The third-order valence-corrected chi connectivity index (χ3v) is 13.9. The van der Waals surface area contributed by atoms with Crippen LogP contribution >= 0.6 is 15.6 Å². The molecule has 1 aromatic heterocycles. The number of hydrogen-bond donors (Lipinski definition) is 5. The number of allylic oxidation sites excluding steroid dienone is 7. The monoisotopic (exact) mass is 1020 g/mol. The van der Waals surface area contributed by atoms with E-state index in [4.69, 9.17) is 33.7 Å². The fourth-order valence-corrected chi connectivity index (χ4v) is 9.44. The van der Waals surface area contributed by atoms with Crippen LogP contribution in [0, 0.1) is 0 Å². The van der Waals surface area contributed by atoms with E-state index in [2.05, 4.69) is 65.7 Å². The lowest BCUT2D eigenvalue weighted by atomic mass is 10.1. The van der Waals surface area contributed by atoms with Gasteiger partial charge < -0.3 is 44.7 Å². The van der Waals surface area contributed by atoms with Crippen molar-refractivity contribution in [3.8, 4) is 0 Å². The normalized spacial score (nSPS) is 22.7. The van der Waals surface area contributed by atoms with Crippen molar-refractivity contribution in [1.82, 2.24) is 9.55 Å². The van der Waals surface area contributed by atoms with Crippen LogP contribution in [0.4, 0.5) is 5.82 Å². The van der Waals surface area contributed by atoms with E-state index in [-0.39, 0.29) is 18.7 Å². The summed E-state index contributed by atoms with van der Waals surface area (Å²) in [5.74, 6) is -1.37. The first-order valence-corrected chi connectivity index (χ1v) is 27.8. The maximum Gasteiger partial charge on any atom is 0.481 e. The first-order chi connectivity index (χ1) is 33.1. The Morgan fingerprint density at radius 3 is 1.97 bits per heavy atom. The van der Waals surface area contributed by atoms with Crippen LogP contribution in [-0.2, 0) is 51.0 Å². The van der Waals surface area contributed by atoms with Crippen LogP contribution in [0.15, 0.2) is 65.7 Å². The number of unbranched alkanes of at least 4 members (excludes halogenated alkanes) is 12. The lowest BCUT2D eigenvalue weighted by molar-refractivity contribution is -0.161. The molecule has 2 aliphatic rings. The van der Waals surface area contributed by atoms with E-state index in [1.54, 1.807) is 0 Å². The molecule has 2 aliphatic heterocycles. The minimum absolute atomic E-state index is 0.00638. The number of epoxide rings is 1. The molecular weight excluding hydrogens is 936 g/mol. The number of aliphatic hydroxyl groups is 2. The third kappa shape index (κ3) is 26.6. The van der Waals surface area contributed by atoms with Gasteiger partial charge in [0, 0.05) is 19.0 Å². The minimum atomic E-state index is -5.44. The van der Waals surface area contributed by atoms with Crippen LogP contribution in [0.3, 0.4) is 0 Å². The van der Waals surface area contributed by atoms with Gasteiger partial charge in [-0.1, -0.05) is 114 Å². The average molecular weight is 1020 g/mol. The number of aliphatic hydroxyl groups excluding tert-OH is 2. The van der Waals surface area contributed by atoms with E-state index in [0.717, 1.165) is 81.4 Å². The fraction of sp³-hybridized carbons (Fsp3) is 0.708. The third-order valence-electron chi connectivity index (χ3n) is 11.3. The highest BCUT2D eigenvalue weighted by molar-refractivity contribution is 7.61. The van der Waals surface area contributed by atoms with Crippen LogP contribution in [0.5, 0.6) is 0 Å². The molecule has 0 amide bonds. The summed E-state index contributed by atoms with van der Waals surface area (Å²) in [6.07, 6.45) is 30.7. The summed E-state index contributed by atoms with van der Waals surface area (Å²) in [7, 11) is -10.9. The predicted molar refractivity (Wildman–Crippen MR) is 260 cm³/mol. The summed E-state index contributed by atoms with van der Waals surface area (Å²) < 4.78 is 62.5. The molecule has 69 heavy (non-hydrogen) atoms. The number of esters is 2. The summed E-state index contributed by atoms with van der Waals surface area (Å²) in [6.45, 7) is 2.03. The Morgan fingerprint density at radius 2 is 1.30 bits per heavy atom. The number of nitrogen functional groups attached to an aromatic ring is 1. The molecule has 4 unspecified atom stereocenters. The molecule has 6 N–H and O–H groups in total. The Kier molecular flexibility index (Phi) is 29.7. The number of nitrogens with zero attached hydrogens (tertiary/aromatic N) is 2. The number of rotatable bonds is 39. The van der Waals surface area contributed by atoms with Crippen LogP contribution in [0.1, 0.15) is 161 Å². The standard InChI is InChI=1S/C48H79N3O16P2/c1-3-5-7-9-11-12-13-14-15-16-17-18-19-23-28-32-44(53)64-38(35-61-43(52)31-27-24-20-22-26-30-40-39(65-40)29-25-21-10-8-6-4-2)36-62-68(57,58)67-69(59,60)63-37-41-45(54)46(55)47(66-41)51-34-33-42(49)50-48(51)56/h11-12,14-15,17-18,21,25,33-34,38-41,45-47,54-55H,3-10,13,16,19-20,22-24,26-32,35-37H2,1-2H3,(H,57,58)(H,59,60)(H2,49,50,56)/b12-11-,15-14-,18-17-,25-21-/t38-,39?,40?,41-,45-,46-,47-/m1/s1. The molecule has 19 nitrogen and oxygen atoms in total. The largest absolute Gasteiger partial charge is 0.481 e. The molecule has 0 aliphatic carbocycles. The number of anilines is 1. The van der Waals surface area contributed by atoms with Crippen molar-refractivity contribution < 1.29 is 71.0 Å². The van der Waals surface area contributed by atoms with Gasteiger partial charge in [-0.15, -0.1) is 0 Å². The highest BCUT2D eigenvalue weighted by atomic mass is 31.3. The molecule has 392 valence electrons. The number of carbonyl (C=O) groups excluding carboxylic acids is 2. The van der Waals surface area contributed by atoms with Crippen LogP contribution < -0.4 is 11.4 Å². The molecule has 21 heteroatoms. The van der Waals surface area contributed by atoms with Gasteiger partial charge in [0.25, 0.3) is 0 Å². The number of nitrogens with two attached hydrogens (primary N) is 1. The zero-order valence-corrected chi connectivity index (χ0v) is 42.3. The summed E-state index contributed by atoms with van der Waals surface area (Å²) >= 11 is 0. The number of carbonyl (C=O) groups is 2. The quantitative estimate of drug-likeness (QED) is 0.0135. The summed E-state index contributed by atoms with van der Waals surface area (Å²) in [4.78, 5) is 61.9. The lowest BCUT2D eigenvalue weighted by Crippen LogP contribution is -2.36. The maximum absolute atomic E-state index is 12.8. The molecule has 0 saturated carbocycles. The first-order valence-electron chi connectivity index (χ1n) is 24.8. The van der Waals surface area contributed by atoms with Gasteiger partial charge in [0.15, 0.2) is 12.3 Å². The molecule has 3 heterocycles. The molecule has 1 aromatic rings. The van der Waals surface area contributed by atoms with Gasteiger partial charge in [0.1, 0.15) is 30.7 Å². The Bertz CT molecular complexity index is 1910. The van der Waals surface area contributed by atoms with E-state index in [9.17, 15) is 43.5 Å². The van der Waals surface area contributed by atoms with Crippen molar-refractivity contribution in [3.63, 3.8) is 0 Å². The molecule has 0 spiro atoms. The highest BCUT2D eigenvalue weighted by Gasteiger charge is 2.46. The second-order valence-electron chi connectivity index (χ2n) is 17.3. The van der Waals surface area contributed by atoms with Crippen LogP contribution in [0.25, 0.3) is 0 Å². The summed E-state index contributed by atoms with van der Waals surface area (Å²) in [5.41, 5.74) is 4.58. The van der Waals surface area contributed by atoms with Gasteiger partial charge in [-0.2, -0.15) is 9.29 Å². The first kappa shape index (κ1) is 60.0. The van der Waals surface area contributed by atoms with Gasteiger partial charge in [-0.25, -0.2) is 13.9 Å². The van der Waals surface area contributed by atoms with E-state index in [1.165, 1.54) is 44.6 Å². The van der Waals surface area contributed by atoms with Crippen LogP contribution in [0.2, 0.25) is 0 Å². The molecule has 0 radical (unpaired) electrons. The van der Waals surface area contributed by atoms with Gasteiger partial charge >= 0.3 is 33.3 Å². The Morgan fingerprint density at radius 1 is 0.725 bits per heavy atom. The predicted octanol–water partition coefficient (Wildman–Crippen LogP) is 8.76. The molecule has 0 bridgehead atoms. The van der Waals surface area contributed by atoms with E-state index in [0.29, 0.717) is 31.5 Å². The van der Waals surface area contributed by atoms with E-state index < -0.39 is 83.7 Å². The van der Waals surface area contributed by atoms with Gasteiger partial charge in [-0.3, -0.25) is 23.2 Å².